The van der Waals surface area contributed by atoms with E-state index in [4.69, 9.17) is 9.63 Å². The van der Waals surface area contributed by atoms with Gasteiger partial charge in [-0.25, -0.2) is 0 Å². The van der Waals surface area contributed by atoms with E-state index in [1.807, 2.05) is 0 Å². The molecule has 0 aliphatic rings. The lowest BCUT2D eigenvalue weighted by atomic mass is 10.1. The molecule has 102 valence electrons. The lowest BCUT2D eigenvalue weighted by molar-refractivity contribution is -0.137. The molecule has 0 atom stereocenters. The van der Waals surface area contributed by atoms with E-state index in [-0.39, 0.29) is 25.3 Å². The SMILES string of the molecule is OCCc1noc(Cc2cccc(C(F)(F)F)c2)n1. The van der Waals surface area contributed by atoms with E-state index in [9.17, 15) is 13.2 Å². The molecular formula is C12H11F3N2O2. The zero-order valence-corrected chi connectivity index (χ0v) is 9.81. The van der Waals surface area contributed by atoms with Crippen LogP contribution in [0.1, 0.15) is 22.8 Å². The molecule has 0 aliphatic heterocycles. The zero-order valence-electron chi connectivity index (χ0n) is 9.81. The average Bonchev–Trinajstić information content (AvgIpc) is 2.76. The Hall–Kier alpha value is -1.89. The minimum absolute atomic E-state index is 0.109. The van der Waals surface area contributed by atoms with Gasteiger partial charge in [0.25, 0.3) is 0 Å². The molecule has 19 heavy (non-hydrogen) atoms. The lowest BCUT2D eigenvalue weighted by Crippen LogP contribution is -2.05. The molecule has 1 aromatic heterocycles. The summed E-state index contributed by atoms with van der Waals surface area (Å²) in [6.07, 6.45) is -3.98. The summed E-state index contributed by atoms with van der Waals surface area (Å²) >= 11 is 0. The fraction of sp³-hybridized carbons (Fsp3) is 0.333. The van der Waals surface area contributed by atoms with Crippen molar-refractivity contribution < 1.29 is 22.8 Å². The van der Waals surface area contributed by atoms with Crippen LogP contribution in [0, 0.1) is 0 Å². The Kier molecular flexibility index (Phi) is 3.84. The first kappa shape index (κ1) is 13.5. The van der Waals surface area contributed by atoms with Crippen molar-refractivity contribution in [3.8, 4) is 0 Å². The van der Waals surface area contributed by atoms with Crippen LogP contribution in [-0.4, -0.2) is 21.9 Å². The van der Waals surface area contributed by atoms with Crippen molar-refractivity contribution in [2.24, 2.45) is 0 Å². The highest BCUT2D eigenvalue weighted by molar-refractivity contribution is 5.27. The van der Waals surface area contributed by atoms with Gasteiger partial charge >= 0.3 is 6.18 Å². The molecule has 1 N–H and O–H groups in total. The quantitative estimate of drug-likeness (QED) is 0.927. The number of hydrogen-bond acceptors (Lipinski definition) is 4. The van der Waals surface area contributed by atoms with Crippen LogP contribution in [0.4, 0.5) is 13.2 Å². The van der Waals surface area contributed by atoms with Crippen LogP contribution in [0.3, 0.4) is 0 Å². The van der Waals surface area contributed by atoms with E-state index in [2.05, 4.69) is 10.1 Å². The molecule has 0 spiro atoms. The standard InChI is InChI=1S/C12H11F3N2O2/c13-12(14,15)9-3-1-2-8(6-9)7-11-16-10(4-5-18)17-19-11/h1-3,6,18H,4-5,7H2. The first-order chi connectivity index (χ1) is 8.99. The van der Waals surface area contributed by atoms with Gasteiger partial charge in [-0.3, -0.25) is 0 Å². The minimum Gasteiger partial charge on any atom is -0.396 e. The van der Waals surface area contributed by atoms with Crippen molar-refractivity contribution in [2.75, 3.05) is 6.61 Å². The Bertz CT molecular complexity index is 552. The molecule has 0 radical (unpaired) electrons. The smallest absolute Gasteiger partial charge is 0.396 e. The van der Waals surface area contributed by atoms with Gasteiger partial charge in [0.2, 0.25) is 5.89 Å². The molecule has 0 fully saturated rings. The van der Waals surface area contributed by atoms with Gasteiger partial charge < -0.3 is 9.63 Å². The maximum Gasteiger partial charge on any atom is 0.416 e. The topological polar surface area (TPSA) is 59.2 Å². The van der Waals surface area contributed by atoms with Gasteiger partial charge in [0.15, 0.2) is 5.82 Å². The summed E-state index contributed by atoms with van der Waals surface area (Å²) in [5, 5.41) is 12.3. The first-order valence-electron chi connectivity index (χ1n) is 5.57. The van der Waals surface area contributed by atoms with Gasteiger partial charge in [0.1, 0.15) is 0 Å². The van der Waals surface area contributed by atoms with Crippen LogP contribution in [0.2, 0.25) is 0 Å². The van der Waals surface area contributed by atoms with Crippen molar-refractivity contribution in [1.29, 1.82) is 0 Å². The number of aromatic nitrogens is 2. The van der Waals surface area contributed by atoms with E-state index >= 15 is 0 Å². The summed E-state index contributed by atoms with van der Waals surface area (Å²) in [6.45, 7) is -0.109. The van der Waals surface area contributed by atoms with Crippen LogP contribution in [-0.2, 0) is 19.0 Å². The average molecular weight is 272 g/mol. The lowest BCUT2D eigenvalue weighted by Gasteiger charge is -2.07. The van der Waals surface area contributed by atoms with Gasteiger partial charge in [0, 0.05) is 6.42 Å². The summed E-state index contributed by atoms with van der Waals surface area (Å²) in [5.41, 5.74) is -0.269. The predicted octanol–water partition coefficient (Wildman–Crippen LogP) is 2.21. The fourth-order valence-electron chi connectivity index (χ4n) is 1.60. The van der Waals surface area contributed by atoms with Crippen LogP contribution in [0.5, 0.6) is 0 Å². The molecule has 1 heterocycles. The number of alkyl halides is 3. The molecular weight excluding hydrogens is 261 g/mol. The van der Waals surface area contributed by atoms with Crippen LogP contribution in [0.25, 0.3) is 0 Å². The third-order valence-electron chi connectivity index (χ3n) is 2.46. The highest BCUT2D eigenvalue weighted by atomic mass is 19.4. The second-order valence-corrected chi connectivity index (χ2v) is 3.95. The molecule has 0 saturated carbocycles. The van der Waals surface area contributed by atoms with Crippen molar-refractivity contribution >= 4 is 0 Å². The van der Waals surface area contributed by atoms with E-state index in [1.54, 1.807) is 6.07 Å². The number of hydrogen-bond donors (Lipinski definition) is 1. The third-order valence-corrected chi connectivity index (χ3v) is 2.46. The van der Waals surface area contributed by atoms with Crippen LogP contribution < -0.4 is 0 Å². The van der Waals surface area contributed by atoms with Crippen LogP contribution >= 0.6 is 0 Å². The molecule has 4 nitrogen and oxygen atoms in total. The van der Waals surface area contributed by atoms with Gasteiger partial charge in [-0.2, -0.15) is 18.2 Å². The summed E-state index contributed by atoms with van der Waals surface area (Å²) in [4.78, 5) is 3.97. The van der Waals surface area contributed by atoms with E-state index in [0.29, 0.717) is 11.4 Å². The van der Waals surface area contributed by atoms with Crippen molar-refractivity contribution in [3.05, 3.63) is 47.1 Å². The Morgan fingerprint density at radius 2 is 2.05 bits per heavy atom. The Morgan fingerprint density at radius 1 is 1.26 bits per heavy atom. The highest BCUT2D eigenvalue weighted by Gasteiger charge is 2.30. The Morgan fingerprint density at radius 3 is 2.74 bits per heavy atom. The van der Waals surface area contributed by atoms with E-state index < -0.39 is 11.7 Å². The van der Waals surface area contributed by atoms with Gasteiger partial charge in [0.05, 0.1) is 18.6 Å². The van der Waals surface area contributed by atoms with Crippen molar-refractivity contribution in [2.45, 2.75) is 19.0 Å². The molecule has 2 aromatic rings. The molecule has 0 unspecified atom stereocenters. The van der Waals surface area contributed by atoms with Crippen molar-refractivity contribution in [3.63, 3.8) is 0 Å². The minimum atomic E-state index is -4.37. The molecule has 0 saturated heterocycles. The maximum atomic E-state index is 12.5. The number of rotatable bonds is 4. The van der Waals surface area contributed by atoms with Gasteiger partial charge in [-0.1, -0.05) is 23.4 Å². The molecule has 2 rings (SSSR count). The van der Waals surface area contributed by atoms with E-state index in [1.165, 1.54) is 6.07 Å². The summed E-state index contributed by atoms with van der Waals surface area (Å²) in [5.74, 6) is 0.562. The van der Waals surface area contributed by atoms with E-state index in [0.717, 1.165) is 12.1 Å². The molecule has 0 aliphatic carbocycles. The molecule has 0 bridgehead atoms. The predicted molar refractivity (Wildman–Crippen MR) is 59.3 cm³/mol. The monoisotopic (exact) mass is 272 g/mol. The maximum absolute atomic E-state index is 12.5. The second-order valence-electron chi connectivity index (χ2n) is 3.95. The highest BCUT2D eigenvalue weighted by Crippen LogP contribution is 2.29. The molecule has 0 amide bonds. The normalized spacial score (nSPS) is 11.8. The number of aliphatic hydroxyl groups is 1. The van der Waals surface area contributed by atoms with Gasteiger partial charge in [-0.15, -0.1) is 0 Å². The molecule has 7 heteroatoms. The second kappa shape index (κ2) is 5.40. The third kappa shape index (κ3) is 3.54. The summed E-state index contributed by atoms with van der Waals surface area (Å²) < 4.78 is 42.5. The Labute approximate surface area is 106 Å². The summed E-state index contributed by atoms with van der Waals surface area (Å²) in [7, 11) is 0. The van der Waals surface area contributed by atoms with Crippen LogP contribution in [0.15, 0.2) is 28.8 Å². The summed E-state index contributed by atoms with van der Waals surface area (Å²) in [6, 6.07) is 4.96. The number of aliphatic hydroxyl groups excluding tert-OH is 1. The van der Waals surface area contributed by atoms with Gasteiger partial charge in [-0.05, 0) is 11.6 Å². The first-order valence-corrected chi connectivity index (χ1v) is 5.57. The fourth-order valence-corrected chi connectivity index (χ4v) is 1.60. The molecule has 1 aromatic carbocycles. The largest absolute Gasteiger partial charge is 0.416 e. The Balaban J connectivity index is 2.14. The van der Waals surface area contributed by atoms with Crippen molar-refractivity contribution in [1.82, 2.24) is 10.1 Å². The zero-order chi connectivity index (χ0) is 13.9. The number of halogens is 3. The number of benzene rings is 1. The number of nitrogens with zero attached hydrogens (tertiary/aromatic N) is 2.